The normalized spacial score (nSPS) is 21.0. The first-order valence-electron chi connectivity index (χ1n) is 10.3. The van der Waals surface area contributed by atoms with Crippen molar-refractivity contribution in [1.82, 2.24) is 5.32 Å². The van der Waals surface area contributed by atoms with Crippen LogP contribution in [0.5, 0.6) is 11.5 Å². The van der Waals surface area contributed by atoms with E-state index in [1.807, 2.05) is 0 Å². The summed E-state index contributed by atoms with van der Waals surface area (Å²) in [6, 6.07) is 11.2. The molecule has 8 heteroatoms. The topological polar surface area (TPSA) is 93.7 Å². The van der Waals surface area contributed by atoms with Crippen molar-refractivity contribution in [1.29, 1.82) is 0 Å². The van der Waals surface area contributed by atoms with E-state index in [-0.39, 0.29) is 16.8 Å². The van der Waals surface area contributed by atoms with Gasteiger partial charge in [0, 0.05) is 23.4 Å². The van der Waals surface area contributed by atoms with E-state index >= 15 is 0 Å². The summed E-state index contributed by atoms with van der Waals surface area (Å²) in [6.45, 7) is 2.97. The molecule has 1 saturated carbocycles. The lowest BCUT2D eigenvalue weighted by atomic mass is 9.86. The molecule has 7 nitrogen and oxygen atoms in total. The summed E-state index contributed by atoms with van der Waals surface area (Å²) in [6.07, 6.45) is 4.40. The maximum absolute atomic E-state index is 12.8. The highest BCUT2D eigenvalue weighted by Gasteiger charge is 2.24. The fraction of sp³-hybridized carbons (Fsp3) is 0.409. The van der Waals surface area contributed by atoms with E-state index in [4.69, 9.17) is 9.47 Å². The lowest BCUT2D eigenvalue weighted by molar-refractivity contribution is 0.0910. The van der Waals surface area contributed by atoms with Crippen LogP contribution in [0.25, 0.3) is 0 Å². The largest absolute Gasteiger partial charge is 0.486 e. The second kappa shape index (κ2) is 8.55. The van der Waals surface area contributed by atoms with Gasteiger partial charge in [-0.05, 0) is 49.1 Å². The minimum absolute atomic E-state index is 0.0673. The molecule has 1 heterocycles. The summed E-state index contributed by atoms with van der Waals surface area (Å²) in [7, 11) is -3.84. The highest BCUT2D eigenvalue weighted by atomic mass is 32.2. The number of carbonyl (C=O) groups is 1. The molecule has 0 radical (unpaired) electrons. The molecule has 2 N–H and O–H groups in total. The molecular formula is C22H26N2O5S. The minimum Gasteiger partial charge on any atom is -0.486 e. The summed E-state index contributed by atoms with van der Waals surface area (Å²) in [5.41, 5.74) is 0.754. The lowest BCUT2D eigenvalue weighted by Crippen LogP contribution is -2.41. The number of ether oxygens (including phenoxy) is 2. The fourth-order valence-electron chi connectivity index (χ4n) is 3.91. The number of sulfonamides is 1. The molecule has 2 unspecified atom stereocenters. The Hall–Kier alpha value is -2.74. The quantitative estimate of drug-likeness (QED) is 0.756. The van der Waals surface area contributed by atoms with Gasteiger partial charge in [-0.2, -0.15) is 0 Å². The van der Waals surface area contributed by atoms with Crippen molar-refractivity contribution in [3.05, 3.63) is 48.0 Å². The number of rotatable bonds is 5. The number of nitrogens with one attached hydrogen (secondary N) is 2. The van der Waals surface area contributed by atoms with E-state index in [9.17, 15) is 13.2 Å². The van der Waals surface area contributed by atoms with Crippen LogP contribution in [0.1, 0.15) is 43.0 Å². The molecule has 1 aliphatic heterocycles. The van der Waals surface area contributed by atoms with Crippen LogP contribution in [0, 0.1) is 5.92 Å². The zero-order valence-electron chi connectivity index (χ0n) is 16.9. The van der Waals surface area contributed by atoms with Gasteiger partial charge in [0.2, 0.25) is 0 Å². The van der Waals surface area contributed by atoms with Gasteiger partial charge in [0.15, 0.2) is 11.5 Å². The Balaban J connectivity index is 1.49. The van der Waals surface area contributed by atoms with E-state index in [1.54, 1.807) is 30.3 Å². The third-order valence-electron chi connectivity index (χ3n) is 5.63. The first-order chi connectivity index (χ1) is 14.4. The number of hydrogen-bond donors (Lipinski definition) is 2. The van der Waals surface area contributed by atoms with Crippen LogP contribution in [0.4, 0.5) is 5.69 Å². The Morgan fingerprint density at radius 2 is 1.77 bits per heavy atom. The first-order valence-corrected chi connectivity index (χ1v) is 11.7. The van der Waals surface area contributed by atoms with E-state index in [0.29, 0.717) is 41.9 Å². The van der Waals surface area contributed by atoms with Crippen molar-refractivity contribution in [2.45, 2.75) is 43.5 Å². The van der Waals surface area contributed by atoms with Crippen LogP contribution in [0.3, 0.4) is 0 Å². The van der Waals surface area contributed by atoms with Gasteiger partial charge in [-0.3, -0.25) is 9.52 Å². The molecule has 30 heavy (non-hydrogen) atoms. The van der Waals surface area contributed by atoms with Gasteiger partial charge in [-0.15, -0.1) is 0 Å². The minimum atomic E-state index is -3.84. The van der Waals surface area contributed by atoms with Gasteiger partial charge in [-0.1, -0.05) is 25.8 Å². The Morgan fingerprint density at radius 3 is 2.57 bits per heavy atom. The third-order valence-corrected chi connectivity index (χ3v) is 7.01. The second-order valence-corrected chi connectivity index (χ2v) is 9.52. The summed E-state index contributed by atoms with van der Waals surface area (Å²) < 4.78 is 39.1. The smallest absolute Gasteiger partial charge is 0.262 e. The summed E-state index contributed by atoms with van der Waals surface area (Å²) in [4.78, 5) is 12.8. The summed E-state index contributed by atoms with van der Waals surface area (Å²) in [5, 5.41) is 3.09. The monoisotopic (exact) mass is 430 g/mol. The molecule has 2 aliphatic rings. The van der Waals surface area contributed by atoms with Crippen molar-refractivity contribution in [2.24, 2.45) is 5.92 Å². The number of amides is 1. The highest BCUT2D eigenvalue weighted by molar-refractivity contribution is 7.92. The number of anilines is 1. The maximum atomic E-state index is 12.8. The Morgan fingerprint density at radius 1 is 1.00 bits per heavy atom. The number of hydrogen-bond acceptors (Lipinski definition) is 5. The molecule has 1 amide bonds. The standard InChI is InChI=1S/C22H26N2O5S/c1-15-5-2-3-8-19(15)23-22(25)16-6-4-7-17(13-16)24-30(26,27)18-9-10-20-21(14-18)29-12-11-28-20/h4,6-7,9-10,13-15,19,24H,2-3,5,8,11-12H2,1H3,(H,23,25). The molecule has 1 aliphatic carbocycles. The van der Waals surface area contributed by atoms with Gasteiger partial charge >= 0.3 is 0 Å². The summed E-state index contributed by atoms with van der Waals surface area (Å²) >= 11 is 0. The van der Waals surface area contributed by atoms with Crippen molar-refractivity contribution in [2.75, 3.05) is 17.9 Å². The van der Waals surface area contributed by atoms with Crippen LogP contribution in [-0.4, -0.2) is 33.6 Å². The highest BCUT2D eigenvalue weighted by Crippen LogP contribution is 2.33. The van der Waals surface area contributed by atoms with Crippen LogP contribution >= 0.6 is 0 Å². The van der Waals surface area contributed by atoms with E-state index < -0.39 is 10.0 Å². The van der Waals surface area contributed by atoms with Gasteiger partial charge in [-0.25, -0.2) is 8.42 Å². The molecule has 2 aromatic carbocycles. The average Bonchev–Trinajstić information content (AvgIpc) is 2.75. The maximum Gasteiger partial charge on any atom is 0.262 e. The van der Waals surface area contributed by atoms with Crippen LogP contribution < -0.4 is 19.5 Å². The SMILES string of the molecule is CC1CCCCC1NC(=O)c1cccc(NS(=O)(=O)c2ccc3c(c2)OCCO3)c1. The number of benzene rings is 2. The first kappa shape index (κ1) is 20.5. The molecule has 160 valence electrons. The zero-order valence-corrected chi connectivity index (χ0v) is 17.7. The predicted molar refractivity (Wildman–Crippen MR) is 114 cm³/mol. The zero-order chi connectivity index (χ0) is 21.1. The number of fused-ring (bicyclic) bond motifs is 1. The van der Waals surface area contributed by atoms with Crippen molar-refractivity contribution >= 4 is 21.6 Å². The van der Waals surface area contributed by atoms with E-state index in [0.717, 1.165) is 19.3 Å². The second-order valence-electron chi connectivity index (χ2n) is 7.83. The summed E-state index contributed by atoms with van der Waals surface area (Å²) in [5.74, 6) is 1.18. The van der Waals surface area contributed by atoms with E-state index in [1.165, 1.54) is 18.6 Å². The average molecular weight is 431 g/mol. The molecule has 0 spiro atoms. The molecule has 1 fully saturated rings. The molecule has 4 rings (SSSR count). The fourth-order valence-corrected chi connectivity index (χ4v) is 4.98. The van der Waals surface area contributed by atoms with Crippen molar-refractivity contribution in [3.8, 4) is 11.5 Å². The lowest BCUT2D eigenvalue weighted by Gasteiger charge is -2.29. The molecule has 2 aromatic rings. The Kier molecular flexibility index (Phi) is 5.85. The number of carbonyl (C=O) groups excluding carboxylic acids is 1. The third kappa shape index (κ3) is 4.53. The Labute approximate surface area is 176 Å². The van der Waals surface area contributed by atoms with Gasteiger partial charge in [0.1, 0.15) is 13.2 Å². The van der Waals surface area contributed by atoms with Gasteiger partial charge in [0.05, 0.1) is 4.90 Å². The molecule has 0 bridgehead atoms. The van der Waals surface area contributed by atoms with Crippen LogP contribution in [0.15, 0.2) is 47.4 Å². The van der Waals surface area contributed by atoms with E-state index in [2.05, 4.69) is 17.0 Å². The predicted octanol–water partition coefficient (Wildman–Crippen LogP) is 3.57. The van der Waals surface area contributed by atoms with Crippen LogP contribution in [-0.2, 0) is 10.0 Å². The molecule has 2 atom stereocenters. The van der Waals surface area contributed by atoms with Crippen molar-refractivity contribution < 1.29 is 22.7 Å². The molecule has 0 saturated heterocycles. The van der Waals surface area contributed by atoms with Gasteiger partial charge in [0.25, 0.3) is 15.9 Å². The Bertz CT molecular complexity index is 1040. The van der Waals surface area contributed by atoms with Crippen LogP contribution in [0.2, 0.25) is 0 Å². The van der Waals surface area contributed by atoms with Crippen molar-refractivity contribution in [3.63, 3.8) is 0 Å². The van der Waals surface area contributed by atoms with Gasteiger partial charge < -0.3 is 14.8 Å². The molecular weight excluding hydrogens is 404 g/mol. The molecule has 0 aromatic heterocycles.